The fraction of sp³-hybridized carbons (Fsp3) is 0.476. The quantitative estimate of drug-likeness (QED) is 0.752. The van der Waals surface area contributed by atoms with Crippen LogP contribution >= 0.6 is 22.9 Å². The van der Waals surface area contributed by atoms with Crippen molar-refractivity contribution in [2.75, 3.05) is 13.1 Å². The Labute approximate surface area is 179 Å². The van der Waals surface area contributed by atoms with E-state index >= 15 is 0 Å². The average molecular weight is 434 g/mol. The number of nitrogens with one attached hydrogen (secondary N) is 1. The summed E-state index contributed by atoms with van der Waals surface area (Å²) in [5.74, 6) is 1.35. The van der Waals surface area contributed by atoms with Crippen LogP contribution in [0.1, 0.15) is 41.0 Å². The number of carbonyl (C=O) groups is 2. The number of halogens is 1. The molecule has 0 radical (unpaired) electrons. The molecule has 2 aromatic heterocycles. The standard InChI is InChI=1S/C21H24ClN3O3S/c1-13-16(3-2-10-23-13)28-21(27)25-11-8-15(9-12-25)19(14-4-5-14)24-20(26)17-6-7-18(22)29-17/h2-3,6-7,10,14-15,19H,4-5,8-9,11-12H2,1H3,(H,24,26). The van der Waals surface area contributed by atoms with Crippen molar-refractivity contribution < 1.29 is 14.3 Å². The number of carbonyl (C=O) groups excluding carboxylic acids is 2. The number of aromatic nitrogens is 1. The van der Waals surface area contributed by atoms with E-state index in [0.717, 1.165) is 25.7 Å². The van der Waals surface area contributed by atoms with E-state index < -0.39 is 0 Å². The predicted molar refractivity (Wildman–Crippen MR) is 113 cm³/mol. The molecule has 2 fully saturated rings. The van der Waals surface area contributed by atoms with Gasteiger partial charge in [-0.05, 0) is 68.7 Å². The summed E-state index contributed by atoms with van der Waals surface area (Å²) in [6.45, 7) is 3.08. The van der Waals surface area contributed by atoms with E-state index in [0.29, 0.717) is 45.6 Å². The third-order valence-corrected chi connectivity index (χ3v) is 6.92. The molecule has 1 N–H and O–H groups in total. The highest BCUT2D eigenvalue weighted by Crippen LogP contribution is 2.39. The van der Waals surface area contributed by atoms with Crippen LogP contribution in [-0.4, -0.2) is 41.0 Å². The van der Waals surface area contributed by atoms with Crippen molar-refractivity contribution in [3.05, 3.63) is 45.4 Å². The number of amides is 2. The fourth-order valence-corrected chi connectivity index (χ4v) is 4.86. The molecule has 1 unspecified atom stereocenters. The average Bonchev–Trinajstić information content (AvgIpc) is 3.47. The van der Waals surface area contributed by atoms with Crippen LogP contribution in [0.5, 0.6) is 5.75 Å². The zero-order valence-electron chi connectivity index (χ0n) is 16.3. The largest absolute Gasteiger partial charge is 0.415 e. The highest BCUT2D eigenvalue weighted by Gasteiger charge is 2.39. The second-order valence-electron chi connectivity index (χ2n) is 7.72. The first kappa shape index (κ1) is 20.2. The van der Waals surface area contributed by atoms with Gasteiger partial charge in [-0.25, -0.2) is 4.79 Å². The SMILES string of the molecule is Cc1ncccc1OC(=O)N1CCC(C(NC(=O)c2ccc(Cl)s2)C2CC2)CC1. The van der Waals surface area contributed by atoms with E-state index in [1.165, 1.54) is 11.3 Å². The Morgan fingerprint density at radius 2 is 1.93 bits per heavy atom. The summed E-state index contributed by atoms with van der Waals surface area (Å²) in [6.07, 6.45) is 5.35. The van der Waals surface area contributed by atoms with Gasteiger partial charge in [-0.2, -0.15) is 0 Å². The van der Waals surface area contributed by atoms with Gasteiger partial charge in [0.15, 0.2) is 5.75 Å². The minimum Gasteiger partial charge on any atom is -0.408 e. The minimum atomic E-state index is -0.334. The highest BCUT2D eigenvalue weighted by molar-refractivity contribution is 7.18. The molecule has 0 spiro atoms. The maximum Gasteiger partial charge on any atom is 0.415 e. The molecule has 2 aliphatic rings. The lowest BCUT2D eigenvalue weighted by Crippen LogP contribution is -2.48. The normalized spacial score (nSPS) is 18.3. The molecule has 3 heterocycles. The van der Waals surface area contributed by atoms with Crippen LogP contribution < -0.4 is 10.1 Å². The first-order valence-corrected chi connectivity index (χ1v) is 11.2. The van der Waals surface area contributed by atoms with E-state index in [4.69, 9.17) is 16.3 Å². The molecule has 1 saturated carbocycles. The van der Waals surface area contributed by atoms with E-state index in [9.17, 15) is 9.59 Å². The number of hydrogen-bond donors (Lipinski definition) is 1. The second kappa shape index (κ2) is 8.71. The van der Waals surface area contributed by atoms with Crippen molar-refractivity contribution >= 4 is 34.9 Å². The maximum absolute atomic E-state index is 12.6. The van der Waals surface area contributed by atoms with E-state index in [1.807, 2.05) is 6.92 Å². The molecule has 1 aliphatic heterocycles. The third kappa shape index (κ3) is 4.90. The summed E-state index contributed by atoms with van der Waals surface area (Å²) in [4.78, 5) is 31.6. The summed E-state index contributed by atoms with van der Waals surface area (Å²) in [5, 5.41) is 3.24. The van der Waals surface area contributed by atoms with Crippen LogP contribution in [0, 0.1) is 18.8 Å². The number of thiophene rings is 1. The first-order chi connectivity index (χ1) is 14.0. The lowest BCUT2D eigenvalue weighted by Gasteiger charge is -2.36. The molecule has 6 nitrogen and oxygen atoms in total. The summed E-state index contributed by atoms with van der Waals surface area (Å²) < 4.78 is 6.13. The molecule has 1 aliphatic carbocycles. The molecule has 2 aromatic rings. The van der Waals surface area contributed by atoms with E-state index in [-0.39, 0.29) is 18.0 Å². The van der Waals surface area contributed by atoms with E-state index in [2.05, 4.69) is 10.3 Å². The third-order valence-electron chi connectivity index (χ3n) is 5.69. The molecule has 4 rings (SSSR count). The van der Waals surface area contributed by atoms with Crippen molar-refractivity contribution in [1.82, 2.24) is 15.2 Å². The summed E-state index contributed by atoms with van der Waals surface area (Å²) >= 11 is 7.27. The van der Waals surface area contributed by atoms with Crippen LogP contribution in [0.4, 0.5) is 4.79 Å². The van der Waals surface area contributed by atoms with Crippen molar-refractivity contribution in [3.8, 4) is 5.75 Å². The molecule has 8 heteroatoms. The molecule has 29 heavy (non-hydrogen) atoms. The topological polar surface area (TPSA) is 71.5 Å². The predicted octanol–water partition coefficient (Wildman–Crippen LogP) is 4.52. The van der Waals surface area contributed by atoms with Crippen LogP contribution in [0.2, 0.25) is 4.34 Å². The number of ether oxygens (including phenoxy) is 1. The Hall–Kier alpha value is -2.12. The smallest absolute Gasteiger partial charge is 0.408 e. The molecule has 2 amide bonds. The summed E-state index contributed by atoms with van der Waals surface area (Å²) in [5.41, 5.74) is 0.695. The van der Waals surface area contributed by atoms with Gasteiger partial charge in [0, 0.05) is 25.3 Å². The van der Waals surface area contributed by atoms with Crippen LogP contribution in [0.3, 0.4) is 0 Å². The van der Waals surface area contributed by atoms with E-state index in [1.54, 1.807) is 35.4 Å². The van der Waals surface area contributed by atoms with Crippen LogP contribution in [0.15, 0.2) is 30.5 Å². The molecule has 0 bridgehead atoms. The van der Waals surface area contributed by atoms with Gasteiger partial charge in [0.1, 0.15) is 0 Å². The molecular formula is C21H24ClN3O3S. The molecule has 1 atom stereocenters. The van der Waals surface area contributed by atoms with Gasteiger partial charge in [-0.1, -0.05) is 11.6 Å². The zero-order chi connectivity index (χ0) is 20.4. The van der Waals surface area contributed by atoms with Gasteiger partial charge in [0.2, 0.25) is 0 Å². The summed E-state index contributed by atoms with van der Waals surface area (Å²) in [6, 6.07) is 7.18. The zero-order valence-corrected chi connectivity index (χ0v) is 17.8. The number of likely N-dealkylation sites (tertiary alicyclic amines) is 1. The number of aryl methyl sites for hydroxylation is 1. The Morgan fingerprint density at radius 3 is 2.55 bits per heavy atom. The number of nitrogens with zero attached hydrogens (tertiary/aromatic N) is 2. The van der Waals surface area contributed by atoms with Crippen molar-refractivity contribution in [2.45, 2.75) is 38.6 Å². The van der Waals surface area contributed by atoms with Crippen molar-refractivity contribution in [3.63, 3.8) is 0 Å². The van der Waals surface area contributed by atoms with Gasteiger partial charge in [-0.3, -0.25) is 9.78 Å². The lowest BCUT2D eigenvalue weighted by atomic mass is 9.86. The summed E-state index contributed by atoms with van der Waals surface area (Å²) in [7, 11) is 0. The van der Waals surface area contributed by atoms with Gasteiger partial charge in [-0.15, -0.1) is 11.3 Å². The van der Waals surface area contributed by atoms with Crippen LogP contribution in [-0.2, 0) is 0 Å². The van der Waals surface area contributed by atoms with Gasteiger partial charge in [0.05, 0.1) is 14.9 Å². The molecular weight excluding hydrogens is 410 g/mol. The molecule has 154 valence electrons. The Kier molecular flexibility index (Phi) is 6.06. The molecule has 0 aromatic carbocycles. The Balaban J connectivity index is 1.33. The molecule has 1 saturated heterocycles. The first-order valence-electron chi connectivity index (χ1n) is 9.96. The number of piperidine rings is 1. The monoisotopic (exact) mass is 433 g/mol. The van der Waals surface area contributed by atoms with Crippen molar-refractivity contribution in [1.29, 1.82) is 0 Å². The van der Waals surface area contributed by atoms with Gasteiger partial charge < -0.3 is 15.0 Å². The lowest BCUT2D eigenvalue weighted by molar-refractivity contribution is 0.0874. The van der Waals surface area contributed by atoms with Gasteiger partial charge in [0.25, 0.3) is 5.91 Å². The fourth-order valence-electron chi connectivity index (χ4n) is 3.91. The number of hydrogen-bond acceptors (Lipinski definition) is 5. The van der Waals surface area contributed by atoms with Crippen molar-refractivity contribution in [2.24, 2.45) is 11.8 Å². The van der Waals surface area contributed by atoms with Gasteiger partial charge >= 0.3 is 6.09 Å². The Bertz CT molecular complexity index is 891. The Morgan fingerprint density at radius 1 is 1.21 bits per heavy atom. The second-order valence-corrected chi connectivity index (χ2v) is 9.43. The minimum absolute atomic E-state index is 0.0484. The highest BCUT2D eigenvalue weighted by atomic mass is 35.5. The number of rotatable bonds is 5. The number of pyridine rings is 1. The van der Waals surface area contributed by atoms with Crippen LogP contribution in [0.25, 0.3) is 0 Å². The maximum atomic E-state index is 12.6.